The molecule has 0 radical (unpaired) electrons. The van der Waals surface area contributed by atoms with Gasteiger partial charge in [-0.3, -0.25) is 0 Å². The summed E-state index contributed by atoms with van der Waals surface area (Å²) in [5, 5.41) is 14.5. The molecule has 0 aliphatic heterocycles. The van der Waals surface area contributed by atoms with Gasteiger partial charge in [-0.05, 0) is 97.8 Å². The Hall–Kier alpha value is -0.730. The second kappa shape index (κ2) is 5.39. The van der Waals surface area contributed by atoms with Crippen LogP contribution in [0, 0.1) is 34.5 Å². The van der Waals surface area contributed by atoms with Crippen LogP contribution in [0.25, 0.3) is 10.4 Å². The predicted octanol–water partition coefficient (Wildman–Crippen LogP) is 5.07. The number of hydrogen-bond donors (Lipinski definition) is 1. The zero-order valence-electron chi connectivity index (χ0n) is 14.6. The van der Waals surface area contributed by atoms with E-state index < -0.39 is 0 Å². The van der Waals surface area contributed by atoms with Crippen molar-refractivity contribution in [3.8, 4) is 0 Å². The molecule has 0 aromatic rings. The van der Waals surface area contributed by atoms with Gasteiger partial charge in [0.25, 0.3) is 0 Å². The van der Waals surface area contributed by atoms with Crippen molar-refractivity contribution in [3.05, 3.63) is 10.4 Å². The van der Waals surface area contributed by atoms with Gasteiger partial charge in [-0.1, -0.05) is 19.0 Å². The summed E-state index contributed by atoms with van der Waals surface area (Å²) in [5.74, 6) is 3.13. The molecule has 4 rings (SSSR count). The van der Waals surface area contributed by atoms with Gasteiger partial charge >= 0.3 is 0 Å². The Labute approximate surface area is 139 Å². The van der Waals surface area contributed by atoms with E-state index in [4.69, 9.17) is 5.53 Å². The van der Waals surface area contributed by atoms with E-state index in [9.17, 15) is 5.11 Å². The van der Waals surface area contributed by atoms with Crippen molar-refractivity contribution in [2.75, 3.05) is 0 Å². The fourth-order valence-electron chi connectivity index (χ4n) is 7.39. The smallest absolute Gasteiger partial charge is 0.0596 e. The van der Waals surface area contributed by atoms with E-state index in [2.05, 4.69) is 23.9 Å². The van der Waals surface area contributed by atoms with Gasteiger partial charge in [-0.2, -0.15) is 0 Å². The van der Waals surface area contributed by atoms with Crippen LogP contribution < -0.4 is 0 Å². The molecule has 4 aliphatic carbocycles. The Bertz CT molecular complexity index is 531. The first-order valence-electron chi connectivity index (χ1n) is 9.71. The van der Waals surface area contributed by atoms with Crippen molar-refractivity contribution in [1.82, 2.24) is 0 Å². The number of aliphatic hydroxyl groups is 1. The van der Waals surface area contributed by atoms with Gasteiger partial charge in [0.15, 0.2) is 0 Å². The molecule has 0 heterocycles. The summed E-state index contributed by atoms with van der Waals surface area (Å²) in [7, 11) is 0. The summed E-state index contributed by atoms with van der Waals surface area (Å²) in [6.45, 7) is 4.90. The average molecular weight is 317 g/mol. The monoisotopic (exact) mass is 317 g/mol. The first kappa shape index (κ1) is 15.8. The fraction of sp³-hybridized carbons (Fsp3) is 1.00. The van der Waals surface area contributed by atoms with E-state index >= 15 is 0 Å². The maximum absolute atomic E-state index is 10.5. The highest BCUT2D eigenvalue weighted by Gasteiger charge is 2.59. The molecule has 4 nitrogen and oxygen atoms in total. The van der Waals surface area contributed by atoms with E-state index in [1.54, 1.807) is 0 Å². The van der Waals surface area contributed by atoms with Crippen LogP contribution in [-0.2, 0) is 0 Å². The molecule has 4 saturated carbocycles. The highest BCUT2D eigenvalue weighted by molar-refractivity contribution is 5.09. The molecule has 23 heavy (non-hydrogen) atoms. The zero-order valence-corrected chi connectivity index (χ0v) is 14.6. The molecule has 0 saturated heterocycles. The molecule has 8 atom stereocenters. The summed E-state index contributed by atoms with van der Waals surface area (Å²) in [6, 6.07) is 0.233. The standard InChI is InChI=1S/C19H31N3O/c1-18-9-7-13(21-22-20)11-12(18)3-4-14-15-5-6-17(23)19(15,2)10-8-16(14)18/h12-17,23H,3-11H2,1-2H3/t12-,13+,14+,15+,16-,17+,18-,19-/m0/s1. The maximum Gasteiger partial charge on any atom is 0.0596 e. The van der Waals surface area contributed by atoms with Crippen molar-refractivity contribution in [3.63, 3.8) is 0 Å². The molecular formula is C19H31N3O. The van der Waals surface area contributed by atoms with Gasteiger partial charge in [-0.15, -0.1) is 0 Å². The lowest BCUT2D eigenvalue weighted by atomic mass is 9.45. The molecule has 128 valence electrons. The van der Waals surface area contributed by atoms with Gasteiger partial charge in [0.1, 0.15) is 0 Å². The van der Waals surface area contributed by atoms with Gasteiger partial charge in [0.2, 0.25) is 0 Å². The van der Waals surface area contributed by atoms with Crippen LogP contribution in [0.5, 0.6) is 0 Å². The molecule has 0 amide bonds. The van der Waals surface area contributed by atoms with E-state index in [1.807, 2.05) is 0 Å². The zero-order chi connectivity index (χ0) is 16.2. The first-order valence-corrected chi connectivity index (χ1v) is 9.71. The highest BCUT2D eigenvalue weighted by Crippen LogP contribution is 2.66. The van der Waals surface area contributed by atoms with Crippen LogP contribution in [-0.4, -0.2) is 17.3 Å². The Balaban J connectivity index is 1.58. The van der Waals surface area contributed by atoms with Gasteiger partial charge in [0.05, 0.1) is 6.10 Å². The van der Waals surface area contributed by atoms with Gasteiger partial charge in [0, 0.05) is 11.0 Å². The third-order valence-electron chi connectivity index (χ3n) is 8.80. The molecule has 0 unspecified atom stereocenters. The maximum atomic E-state index is 10.5. The van der Waals surface area contributed by atoms with Crippen LogP contribution >= 0.6 is 0 Å². The van der Waals surface area contributed by atoms with Crippen LogP contribution in [0.3, 0.4) is 0 Å². The Morgan fingerprint density at radius 1 is 0.957 bits per heavy atom. The van der Waals surface area contributed by atoms with Gasteiger partial charge in [-0.25, -0.2) is 0 Å². The van der Waals surface area contributed by atoms with Crippen LogP contribution in [0.1, 0.15) is 71.6 Å². The third kappa shape index (κ3) is 2.17. The lowest BCUT2D eigenvalue weighted by Crippen LogP contribution is -2.54. The lowest BCUT2D eigenvalue weighted by Gasteiger charge is -2.60. The van der Waals surface area contributed by atoms with Crippen molar-refractivity contribution in [1.29, 1.82) is 0 Å². The third-order valence-corrected chi connectivity index (χ3v) is 8.80. The van der Waals surface area contributed by atoms with Crippen molar-refractivity contribution >= 4 is 0 Å². The predicted molar refractivity (Wildman–Crippen MR) is 90.7 cm³/mol. The summed E-state index contributed by atoms with van der Waals surface area (Å²) in [6.07, 6.45) is 10.7. The Morgan fingerprint density at radius 3 is 2.48 bits per heavy atom. The molecule has 4 aliphatic rings. The van der Waals surface area contributed by atoms with Gasteiger partial charge < -0.3 is 5.11 Å². The number of azide groups is 1. The van der Waals surface area contributed by atoms with Crippen LogP contribution in [0.2, 0.25) is 0 Å². The van der Waals surface area contributed by atoms with Crippen LogP contribution in [0.15, 0.2) is 5.11 Å². The molecule has 0 aromatic carbocycles. The first-order chi connectivity index (χ1) is 11.0. The van der Waals surface area contributed by atoms with E-state index in [-0.39, 0.29) is 17.6 Å². The largest absolute Gasteiger partial charge is 0.393 e. The van der Waals surface area contributed by atoms with Crippen molar-refractivity contribution in [2.45, 2.75) is 83.8 Å². The van der Waals surface area contributed by atoms with Crippen molar-refractivity contribution < 1.29 is 5.11 Å². The minimum Gasteiger partial charge on any atom is -0.393 e. The number of fused-ring (bicyclic) bond motifs is 5. The summed E-state index contributed by atoms with van der Waals surface area (Å²) in [4.78, 5) is 3.06. The molecule has 4 fully saturated rings. The second-order valence-corrected chi connectivity index (χ2v) is 9.43. The lowest BCUT2D eigenvalue weighted by molar-refractivity contribution is -0.122. The van der Waals surface area contributed by atoms with Crippen molar-refractivity contribution in [2.24, 2.45) is 39.6 Å². The molecule has 0 spiro atoms. The van der Waals surface area contributed by atoms with Crippen LogP contribution in [0.4, 0.5) is 0 Å². The van der Waals surface area contributed by atoms with E-state index in [1.165, 1.54) is 38.5 Å². The Kier molecular flexibility index (Phi) is 3.70. The minimum absolute atomic E-state index is 0.0697. The summed E-state index contributed by atoms with van der Waals surface area (Å²) in [5.41, 5.74) is 9.39. The number of nitrogens with zero attached hydrogens (tertiary/aromatic N) is 3. The highest BCUT2D eigenvalue weighted by atomic mass is 16.3. The molecule has 4 heteroatoms. The minimum atomic E-state index is -0.0697. The SMILES string of the molecule is C[C@]12CC[C@@H](N=[N+]=[N-])C[C@@H]1CC[C@@H]1[C@H]3CC[C@@H](O)[C@@]3(C)CC[C@@H]12. The number of hydrogen-bond acceptors (Lipinski definition) is 2. The fourth-order valence-corrected chi connectivity index (χ4v) is 7.39. The average Bonchev–Trinajstić information content (AvgIpc) is 2.84. The normalized spacial score (nSPS) is 55.3. The quantitative estimate of drug-likeness (QED) is 0.409. The molecular weight excluding hydrogens is 286 g/mol. The topological polar surface area (TPSA) is 69.0 Å². The Morgan fingerprint density at radius 2 is 1.70 bits per heavy atom. The second-order valence-electron chi connectivity index (χ2n) is 9.43. The van der Waals surface area contributed by atoms with E-state index in [0.717, 1.165) is 42.9 Å². The molecule has 1 N–H and O–H groups in total. The number of aliphatic hydroxyl groups excluding tert-OH is 1. The summed E-state index contributed by atoms with van der Waals surface area (Å²) < 4.78 is 0. The number of rotatable bonds is 1. The van der Waals surface area contributed by atoms with E-state index in [0.29, 0.717) is 5.41 Å². The summed E-state index contributed by atoms with van der Waals surface area (Å²) >= 11 is 0. The molecule has 0 bridgehead atoms. The molecule has 0 aromatic heterocycles.